The Labute approximate surface area is 148 Å². The molecule has 0 radical (unpaired) electrons. The summed E-state index contributed by atoms with van der Waals surface area (Å²) in [5.41, 5.74) is 3.42. The van der Waals surface area contributed by atoms with Crippen LogP contribution in [-0.2, 0) is 5.54 Å². The number of hydrogen-bond acceptors (Lipinski definition) is 1. The van der Waals surface area contributed by atoms with Gasteiger partial charge in [-0.1, -0.05) is 60.8 Å². The molecule has 0 aliphatic heterocycles. The molecule has 0 spiro atoms. The normalized spacial score (nSPS) is 16.1. The third kappa shape index (κ3) is 3.51. The summed E-state index contributed by atoms with van der Waals surface area (Å²) in [5, 5.41) is 8.13. The minimum atomic E-state index is -0.0727. The third-order valence-corrected chi connectivity index (χ3v) is 5.13. The lowest BCUT2D eigenvalue weighted by atomic mass is 9.85. The highest BCUT2D eigenvalue weighted by atomic mass is 35.5. The van der Waals surface area contributed by atoms with Crippen molar-refractivity contribution in [1.82, 2.24) is 5.32 Å². The van der Waals surface area contributed by atoms with Crippen molar-refractivity contribution < 1.29 is 0 Å². The van der Waals surface area contributed by atoms with Gasteiger partial charge in [-0.05, 0) is 55.2 Å². The number of rotatable bonds is 3. The Morgan fingerprint density at radius 2 is 1.70 bits per heavy atom. The molecular formula is C19H21ClN2S. The fraction of sp³-hybridized carbons (Fsp3) is 0.316. The molecule has 0 heterocycles. The summed E-state index contributed by atoms with van der Waals surface area (Å²) >= 11 is 11.8. The molecule has 1 aliphatic rings. The average molecular weight is 345 g/mol. The van der Waals surface area contributed by atoms with E-state index < -0.39 is 0 Å². The second kappa shape index (κ2) is 6.90. The van der Waals surface area contributed by atoms with Gasteiger partial charge in [0.05, 0.1) is 16.2 Å². The van der Waals surface area contributed by atoms with E-state index >= 15 is 0 Å². The van der Waals surface area contributed by atoms with Gasteiger partial charge in [-0.2, -0.15) is 0 Å². The van der Waals surface area contributed by atoms with Crippen LogP contribution in [0.2, 0.25) is 5.02 Å². The molecule has 0 aromatic heterocycles. The zero-order valence-corrected chi connectivity index (χ0v) is 14.8. The molecular weight excluding hydrogens is 324 g/mol. The van der Waals surface area contributed by atoms with Crippen LogP contribution in [0.5, 0.6) is 0 Å². The molecule has 2 N–H and O–H groups in total. The summed E-state index contributed by atoms with van der Waals surface area (Å²) in [7, 11) is 0. The first-order chi connectivity index (χ1) is 11.1. The smallest absolute Gasteiger partial charge is 0.171 e. The largest absolute Gasteiger partial charge is 0.353 e. The summed E-state index contributed by atoms with van der Waals surface area (Å²) in [6.07, 6.45) is 4.64. The number of benzene rings is 2. The number of para-hydroxylation sites is 1. The van der Waals surface area contributed by atoms with E-state index in [1.54, 1.807) is 0 Å². The van der Waals surface area contributed by atoms with Crippen LogP contribution in [0.25, 0.3) is 0 Å². The highest BCUT2D eigenvalue weighted by molar-refractivity contribution is 7.80. The topological polar surface area (TPSA) is 24.1 Å². The van der Waals surface area contributed by atoms with Crippen LogP contribution in [0.15, 0.2) is 48.5 Å². The molecule has 0 amide bonds. The number of nitrogens with one attached hydrogen (secondary N) is 2. The summed E-state index contributed by atoms with van der Waals surface area (Å²) in [6.45, 7) is 2.17. The number of thiocarbonyl (C=S) groups is 1. The van der Waals surface area contributed by atoms with Crippen molar-refractivity contribution in [3.05, 3.63) is 64.7 Å². The maximum Gasteiger partial charge on any atom is 0.171 e. The van der Waals surface area contributed by atoms with E-state index in [9.17, 15) is 0 Å². The Balaban J connectivity index is 1.82. The monoisotopic (exact) mass is 344 g/mol. The maximum absolute atomic E-state index is 6.21. The first-order valence-corrected chi connectivity index (χ1v) is 8.79. The van der Waals surface area contributed by atoms with Gasteiger partial charge in [0.1, 0.15) is 0 Å². The molecule has 1 saturated carbocycles. The van der Waals surface area contributed by atoms with Gasteiger partial charge in [0.15, 0.2) is 5.11 Å². The van der Waals surface area contributed by atoms with Crippen LogP contribution in [0, 0.1) is 6.92 Å². The van der Waals surface area contributed by atoms with E-state index in [-0.39, 0.29) is 5.54 Å². The van der Waals surface area contributed by atoms with Crippen molar-refractivity contribution in [2.75, 3.05) is 5.32 Å². The Kier molecular flexibility index (Phi) is 4.88. The Bertz CT molecular complexity index is 708. The molecule has 0 atom stereocenters. The average Bonchev–Trinajstić information content (AvgIpc) is 2.99. The zero-order valence-electron chi connectivity index (χ0n) is 13.2. The van der Waals surface area contributed by atoms with E-state index in [4.69, 9.17) is 23.8 Å². The SMILES string of the molecule is Cc1ccccc1C1(NC(=S)Nc2ccccc2Cl)CCCC1. The van der Waals surface area contributed by atoms with Gasteiger partial charge in [-0.3, -0.25) is 0 Å². The number of hydrogen-bond donors (Lipinski definition) is 2. The van der Waals surface area contributed by atoms with E-state index in [1.807, 2.05) is 24.3 Å². The molecule has 1 fully saturated rings. The summed E-state index contributed by atoms with van der Waals surface area (Å²) in [6, 6.07) is 16.2. The summed E-state index contributed by atoms with van der Waals surface area (Å²) in [5.74, 6) is 0. The predicted octanol–water partition coefficient (Wildman–Crippen LogP) is 5.40. The summed E-state index contributed by atoms with van der Waals surface area (Å²) < 4.78 is 0. The van der Waals surface area contributed by atoms with Crippen LogP contribution in [0.1, 0.15) is 36.8 Å². The van der Waals surface area contributed by atoms with Gasteiger partial charge in [-0.25, -0.2) is 0 Å². The fourth-order valence-corrected chi connectivity index (χ4v) is 3.97. The number of anilines is 1. The van der Waals surface area contributed by atoms with Gasteiger partial charge in [-0.15, -0.1) is 0 Å². The summed E-state index contributed by atoms with van der Waals surface area (Å²) in [4.78, 5) is 0. The van der Waals surface area contributed by atoms with E-state index in [0.717, 1.165) is 18.5 Å². The molecule has 23 heavy (non-hydrogen) atoms. The van der Waals surface area contributed by atoms with Crippen LogP contribution in [-0.4, -0.2) is 5.11 Å². The predicted molar refractivity (Wildman–Crippen MR) is 102 cm³/mol. The second-order valence-electron chi connectivity index (χ2n) is 6.16. The Morgan fingerprint density at radius 1 is 1.04 bits per heavy atom. The first kappa shape index (κ1) is 16.3. The lowest BCUT2D eigenvalue weighted by Gasteiger charge is -2.34. The lowest BCUT2D eigenvalue weighted by Crippen LogP contribution is -2.46. The molecule has 4 heteroatoms. The van der Waals surface area contributed by atoms with Crippen molar-refractivity contribution in [1.29, 1.82) is 0 Å². The standard InChI is InChI=1S/C19H21ClN2S/c1-14-8-2-3-9-15(14)19(12-6-7-13-19)22-18(23)21-17-11-5-4-10-16(17)20/h2-5,8-11H,6-7,12-13H2,1H3,(H2,21,22,23). The van der Waals surface area contributed by atoms with Gasteiger partial charge in [0.2, 0.25) is 0 Å². The Morgan fingerprint density at radius 3 is 2.39 bits per heavy atom. The number of aryl methyl sites for hydroxylation is 1. The zero-order chi connectivity index (χ0) is 16.3. The van der Waals surface area contributed by atoms with Crippen molar-refractivity contribution >= 4 is 34.6 Å². The molecule has 120 valence electrons. The third-order valence-electron chi connectivity index (χ3n) is 4.59. The Hall–Kier alpha value is -1.58. The lowest BCUT2D eigenvalue weighted by molar-refractivity contribution is 0.406. The van der Waals surface area contributed by atoms with Crippen LogP contribution >= 0.6 is 23.8 Å². The van der Waals surface area contributed by atoms with Crippen molar-refractivity contribution in [3.63, 3.8) is 0 Å². The molecule has 2 nitrogen and oxygen atoms in total. The molecule has 2 aromatic rings. The number of halogens is 1. The highest BCUT2D eigenvalue weighted by Gasteiger charge is 2.37. The first-order valence-electron chi connectivity index (χ1n) is 8.00. The molecule has 1 aliphatic carbocycles. The molecule has 0 bridgehead atoms. The van der Waals surface area contributed by atoms with Crippen LogP contribution in [0.4, 0.5) is 5.69 Å². The molecule has 0 unspecified atom stereocenters. The van der Waals surface area contributed by atoms with Gasteiger partial charge < -0.3 is 10.6 Å². The van der Waals surface area contributed by atoms with Crippen molar-refractivity contribution in [2.24, 2.45) is 0 Å². The minimum absolute atomic E-state index is 0.0727. The van der Waals surface area contributed by atoms with Crippen LogP contribution in [0.3, 0.4) is 0 Å². The molecule has 3 rings (SSSR count). The van der Waals surface area contributed by atoms with E-state index in [2.05, 4.69) is 41.8 Å². The van der Waals surface area contributed by atoms with E-state index in [0.29, 0.717) is 10.1 Å². The molecule has 2 aromatic carbocycles. The van der Waals surface area contributed by atoms with Crippen LogP contribution < -0.4 is 10.6 Å². The van der Waals surface area contributed by atoms with Crippen molar-refractivity contribution in [3.8, 4) is 0 Å². The minimum Gasteiger partial charge on any atom is -0.353 e. The highest BCUT2D eigenvalue weighted by Crippen LogP contribution is 2.40. The van der Waals surface area contributed by atoms with Gasteiger partial charge in [0, 0.05) is 0 Å². The van der Waals surface area contributed by atoms with Gasteiger partial charge in [0.25, 0.3) is 0 Å². The van der Waals surface area contributed by atoms with E-state index in [1.165, 1.54) is 24.0 Å². The fourth-order valence-electron chi connectivity index (χ4n) is 3.48. The van der Waals surface area contributed by atoms with Gasteiger partial charge >= 0.3 is 0 Å². The van der Waals surface area contributed by atoms with Crippen molar-refractivity contribution in [2.45, 2.75) is 38.1 Å². The maximum atomic E-state index is 6.21. The molecule has 0 saturated heterocycles. The quantitative estimate of drug-likeness (QED) is 0.728. The second-order valence-corrected chi connectivity index (χ2v) is 6.98.